The summed E-state index contributed by atoms with van der Waals surface area (Å²) < 4.78 is 0. The second kappa shape index (κ2) is 6.11. The third-order valence-corrected chi connectivity index (χ3v) is 8.15. The van der Waals surface area contributed by atoms with Gasteiger partial charge in [-0.05, 0) is 80.1 Å². The molecular weight excluding hydrogens is 304 g/mol. The van der Waals surface area contributed by atoms with Crippen LogP contribution in [0.1, 0.15) is 52.4 Å². The highest BCUT2D eigenvalue weighted by atomic mass is 16.1. The first-order chi connectivity index (χ1) is 12.0. The van der Waals surface area contributed by atoms with Crippen molar-refractivity contribution in [1.29, 1.82) is 0 Å². The molecule has 0 bridgehead atoms. The summed E-state index contributed by atoms with van der Waals surface area (Å²) in [5, 5.41) is 0. The normalized spacial score (nSPS) is 46.4. The van der Waals surface area contributed by atoms with E-state index in [-0.39, 0.29) is 0 Å². The first kappa shape index (κ1) is 17.1. The van der Waals surface area contributed by atoms with Gasteiger partial charge >= 0.3 is 0 Å². The van der Waals surface area contributed by atoms with E-state index in [0.717, 1.165) is 37.0 Å². The van der Waals surface area contributed by atoms with Crippen molar-refractivity contribution in [3.63, 3.8) is 0 Å². The quantitative estimate of drug-likeness (QED) is 0.574. The van der Waals surface area contributed by atoms with Crippen molar-refractivity contribution >= 4 is 5.78 Å². The SMILES string of the molecule is C=C[C@@H]1CC2=CC(=O)CC[C@@H]2[C@H]2CC[C@]3(C)[C@H](/C=C/C)C(=C)C[C@H]3[C@@H]21. The predicted molar refractivity (Wildman–Crippen MR) is 104 cm³/mol. The number of hydrogen-bond acceptors (Lipinski definition) is 1. The average molecular weight is 337 g/mol. The molecule has 7 atom stereocenters. The molecule has 1 nitrogen and oxygen atoms in total. The van der Waals surface area contributed by atoms with E-state index in [1.165, 1.54) is 30.4 Å². The van der Waals surface area contributed by atoms with Crippen LogP contribution in [0.2, 0.25) is 0 Å². The molecule has 25 heavy (non-hydrogen) atoms. The van der Waals surface area contributed by atoms with E-state index in [4.69, 9.17) is 0 Å². The molecule has 0 aliphatic heterocycles. The maximum atomic E-state index is 11.9. The standard InChI is InChI=1S/C24H32O/c1-5-7-21-15(3)12-22-23-16(6-2)13-17-14-18(25)8-9-19(17)20(23)10-11-24(21,22)4/h5-7,14,16,19-23H,2-3,8-13H2,1,4H3/b7-5+/t16-,19+,20-,21-,22+,23-,24-/m1/s1. The van der Waals surface area contributed by atoms with Gasteiger partial charge in [0.1, 0.15) is 0 Å². The molecule has 0 unspecified atom stereocenters. The van der Waals surface area contributed by atoms with Crippen LogP contribution >= 0.6 is 0 Å². The minimum atomic E-state index is 0.343. The topological polar surface area (TPSA) is 17.1 Å². The summed E-state index contributed by atoms with van der Waals surface area (Å²) in [7, 11) is 0. The van der Waals surface area contributed by atoms with Crippen molar-refractivity contribution < 1.29 is 4.79 Å². The number of fused-ring (bicyclic) bond motifs is 5. The molecule has 0 aromatic carbocycles. The molecule has 0 amide bonds. The van der Waals surface area contributed by atoms with Gasteiger partial charge in [-0.3, -0.25) is 4.79 Å². The van der Waals surface area contributed by atoms with Crippen molar-refractivity contribution in [3.05, 3.63) is 48.6 Å². The summed E-state index contributed by atoms with van der Waals surface area (Å²) in [6.07, 6.45) is 15.5. The lowest BCUT2D eigenvalue weighted by molar-refractivity contribution is -0.116. The Morgan fingerprint density at radius 3 is 2.80 bits per heavy atom. The second-order valence-corrected chi connectivity index (χ2v) is 9.19. The molecule has 0 N–H and O–H groups in total. The van der Waals surface area contributed by atoms with Crippen LogP contribution in [0, 0.1) is 40.9 Å². The molecule has 0 aromatic heterocycles. The summed E-state index contributed by atoms with van der Waals surface area (Å²) >= 11 is 0. The van der Waals surface area contributed by atoms with E-state index in [1.807, 2.05) is 6.08 Å². The van der Waals surface area contributed by atoms with Crippen molar-refractivity contribution in [3.8, 4) is 0 Å². The Balaban J connectivity index is 1.72. The summed E-state index contributed by atoms with van der Waals surface area (Å²) in [4.78, 5) is 11.9. The van der Waals surface area contributed by atoms with Crippen LogP contribution in [-0.2, 0) is 4.79 Å². The molecule has 0 saturated heterocycles. The zero-order chi connectivity index (χ0) is 17.8. The fourth-order valence-corrected chi connectivity index (χ4v) is 7.08. The van der Waals surface area contributed by atoms with E-state index in [0.29, 0.717) is 29.0 Å². The Morgan fingerprint density at radius 2 is 2.08 bits per heavy atom. The third kappa shape index (κ3) is 2.46. The number of rotatable bonds is 2. The molecule has 4 aliphatic carbocycles. The van der Waals surface area contributed by atoms with Crippen molar-refractivity contribution in [2.24, 2.45) is 40.9 Å². The first-order valence-corrected chi connectivity index (χ1v) is 10.2. The highest BCUT2D eigenvalue weighted by molar-refractivity contribution is 5.91. The maximum Gasteiger partial charge on any atom is 0.155 e. The molecule has 0 heterocycles. The fraction of sp³-hybridized carbons (Fsp3) is 0.625. The van der Waals surface area contributed by atoms with E-state index in [9.17, 15) is 4.79 Å². The van der Waals surface area contributed by atoms with Gasteiger partial charge in [-0.2, -0.15) is 0 Å². The molecule has 4 rings (SSSR count). The van der Waals surface area contributed by atoms with E-state index in [2.05, 4.69) is 45.2 Å². The van der Waals surface area contributed by atoms with Gasteiger partial charge in [0.05, 0.1) is 0 Å². The van der Waals surface area contributed by atoms with Gasteiger partial charge in [0.25, 0.3) is 0 Å². The van der Waals surface area contributed by atoms with Crippen LogP contribution in [0.15, 0.2) is 48.6 Å². The smallest absolute Gasteiger partial charge is 0.155 e. The highest BCUT2D eigenvalue weighted by Gasteiger charge is 2.58. The van der Waals surface area contributed by atoms with Crippen molar-refractivity contribution in [2.45, 2.75) is 52.4 Å². The minimum absolute atomic E-state index is 0.343. The van der Waals surface area contributed by atoms with Gasteiger partial charge in [-0.25, -0.2) is 0 Å². The summed E-state index contributed by atoms with van der Waals surface area (Å²) in [5.41, 5.74) is 3.24. The van der Waals surface area contributed by atoms with Crippen molar-refractivity contribution in [2.75, 3.05) is 0 Å². The number of ketones is 1. The maximum absolute atomic E-state index is 11.9. The van der Waals surface area contributed by atoms with Gasteiger partial charge in [0.15, 0.2) is 5.78 Å². The zero-order valence-electron chi connectivity index (χ0n) is 15.8. The van der Waals surface area contributed by atoms with E-state index < -0.39 is 0 Å². The molecule has 4 aliphatic rings. The lowest BCUT2D eigenvalue weighted by Crippen LogP contribution is -2.49. The van der Waals surface area contributed by atoms with Gasteiger partial charge in [0, 0.05) is 12.3 Å². The van der Waals surface area contributed by atoms with Crippen molar-refractivity contribution in [1.82, 2.24) is 0 Å². The van der Waals surface area contributed by atoms with Crippen LogP contribution in [0.5, 0.6) is 0 Å². The number of hydrogen-bond donors (Lipinski definition) is 0. The van der Waals surface area contributed by atoms with Crippen LogP contribution in [0.4, 0.5) is 0 Å². The van der Waals surface area contributed by atoms with E-state index >= 15 is 0 Å². The third-order valence-electron chi connectivity index (χ3n) is 8.15. The van der Waals surface area contributed by atoms with E-state index in [1.54, 1.807) is 0 Å². The summed E-state index contributed by atoms with van der Waals surface area (Å²) in [5.74, 6) is 4.25. The Morgan fingerprint density at radius 1 is 1.28 bits per heavy atom. The zero-order valence-corrected chi connectivity index (χ0v) is 15.8. The highest BCUT2D eigenvalue weighted by Crippen LogP contribution is 2.66. The minimum Gasteiger partial charge on any atom is -0.295 e. The van der Waals surface area contributed by atoms with Crippen LogP contribution in [0.25, 0.3) is 0 Å². The Hall–Kier alpha value is -1.37. The molecule has 0 spiro atoms. The molecule has 1 heteroatoms. The second-order valence-electron chi connectivity index (χ2n) is 9.19. The van der Waals surface area contributed by atoms with Gasteiger partial charge in [0.2, 0.25) is 0 Å². The summed E-state index contributed by atoms with van der Waals surface area (Å²) in [6.45, 7) is 13.3. The lowest BCUT2D eigenvalue weighted by atomic mass is 9.48. The summed E-state index contributed by atoms with van der Waals surface area (Å²) in [6, 6.07) is 0. The number of allylic oxidation sites excluding steroid dienone is 5. The molecule has 134 valence electrons. The van der Waals surface area contributed by atoms with Crippen LogP contribution < -0.4 is 0 Å². The van der Waals surface area contributed by atoms with Gasteiger partial charge in [-0.15, -0.1) is 6.58 Å². The number of carbonyl (C=O) groups is 1. The Bertz CT molecular complexity index is 666. The van der Waals surface area contributed by atoms with Gasteiger partial charge in [-0.1, -0.05) is 42.9 Å². The molecule has 3 fully saturated rings. The van der Waals surface area contributed by atoms with Crippen LogP contribution in [-0.4, -0.2) is 5.78 Å². The Labute approximate surface area is 153 Å². The molecule has 3 saturated carbocycles. The van der Waals surface area contributed by atoms with Crippen LogP contribution in [0.3, 0.4) is 0 Å². The molecule has 0 radical (unpaired) electrons. The molecule has 0 aromatic rings. The van der Waals surface area contributed by atoms with Gasteiger partial charge < -0.3 is 0 Å². The predicted octanol–water partition coefficient (Wildman–Crippen LogP) is 5.90. The largest absolute Gasteiger partial charge is 0.295 e. The Kier molecular flexibility index (Phi) is 4.17. The monoisotopic (exact) mass is 336 g/mol. The average Bonchev–Trinajstić information content (AvgIpc) is 2.85. The number of carbonyl (C=O) groups excluding carboxylic acids is 1. The fourth-order valence-electron chi connectivity index (χ4n) is 7.08. The molecular formula is C24H32O. The first-order valence-electron chi connectivity index (χ1n) is 10.2. The lowest BCUT2D eigenvalue weighted by Gasteiger charge is -2.56.